The van der Waals surface area contributed by atoms with Crippen LogP contribution in [0.3, 0.4) is 0 Å². The molecular weight excluding hydrogens is 437 g/mol. The Morgan fingerprint density at radius 3 is 2.73 bits per heavy atom. The number of halogens is 1. The number of carbonyl (C=O) groups excluding carboxylic acids is 1. The van der Waals surface area contributed by atoms with Crippen LogP contribution in [0.1, 0.15) is 35.7 Å². The summed E-state index contributed by atoms with van der Waals surface area (Å²) in [6.07, 6.45) is 2.44. The highest BCUT2D eigenvalue weighted by atomic mass is 32.2. The monoisotopic (exact) mass is 459 g/mol. The summed E-state index contributed by atoms with van der Waals surface area (Å²) in [5.74, 6) is -0.690. The predicted molar refractivity (Wildman–Crippen MR) is 132 cm³/mol. The average Bonchev–Trinajstić information content (AvgIpc) is 3.32. The van der Waals surface area contributed by atoms with Crippen molar-refractivity contribution in [3.8, 4) is 0 Å². The van der Waals surface area contributed by atoms with E-state index >= 15 is 0 Å². The van der Waals surface area contributed by atoms with Crippen molar-refractivity contribution in [1.82, 2.24) is 9.58 Å². The molecule has 33 heavy (non-hydrogen) atoms. The molecule has 3 heterocycles. The number of fused-ring (bicyclic) bond motifs is 2. The van der Waals surface area contributed by atoms with Gasteiger partial charge in [-0.3, -0.25) is 10.2 Å². The van der Waals surface area contributed by atoms with Crippen molar-refractivity contribution in [3.63, 3.8) is 0 Å². The molecule has 2 aliphatic rings. The van der Waals surface area contributed by atoms with Crippen molar-refractivity contribution < 1.29 is 9.18 Å². The van der Waals surface area contributed by atoms with E-state index in [2.05, 4.69) is 16.2 Å². The Labute approximate surface area is 195 Å². The van der Waals surface area contributed by atoms with Crippen molar-refractivity contribution in [1.29, 1.82) is 5.41 Å². The minimum absolute atomic E-state index is 0.0167. The number of rotatable bonds is 4. The lowest BCUT2D eigenvalue weighted by Gasteiger charge is -2.20. The Kier molecular flexibility index (Phi) is 5.25. The number of nitrogens with zero attached hydrogens (tertiary/aromatic N) is 4. The first-order valence-electron chi connectivity index (χ1n) is 10.7. The number of amidine groups is 2. The molecule has 1 N–H and O–H groups in total. The van der Waals surface area contributed by atoms with Gasteiger partial charge in [-0.25, -0.2) is 4.39 Å². The third-order valence-electron chi connectivity index (χ3n) is 5.90. The zero-order valence-corrected chi connectivity index (χ0v) is 19.3. The second-order valence-corrected chi connectivity index (χ2v) is 9.11. The van der Waals surface area contributed by atoms with Gasteiger partial charge in [-0.05, 0) is 56.3 Å². The molecule has 0 fully saturated rings. The van der Waals surface area contributed by atoms with Gasteiger partial charge >= 0.3 is 0 Å². The van der Waals surface area contributed by atoms with Crippen LogP contribution in [0.15, 0.2) is 58.1 Å². The number of hydrogen-bond acceptors (Lipinski definition) is 4. The summed E-state index contributed by atoms with van der Waals surface area (Å²) in [4.78, 5) is 17.0. The summed E-state index contributed by atoms with van der Waals surface area (Å²) in [6, 6.07) is 12.8. The van der Waals surface area contributed by atoms with Crippen LogP contribution in [0, 0.1) is 25.1 Å². The molecule has 0 radical (unpaired) electrons. The molecule has 1 amide bonds. The van der Waals surface area contributed by atoms with Crippen molar-refractivity contribution in [2.75, 3.05) is 0 Å². The van der Waals surface area contributed by atoms with E-state index in [1.54, 1.807) is 18.2 Å². The molecule has 0 bridgehead atoms. The minimum atomic E-state index is -0.451. The molecule has 8 heteroatoms. The van der Waals surface area contributed by atoms with Gasteiger partial charge in [0, 0.05) is 27.7 Å². The van der Waals surface area contributed by atoms with E-state index in [0.29, 0.717) is 23.7 Å². The molecule has 3 aromatic rings. The maximum atomic E-state index is 14.4. The van der Waals surface area contributed by atoms with E-state index in [1.807, 2.05) is 43.5 Å². The highest BCUT2D eigenvalue weighted by Gasteiger charge is 2.35. The number of nitrogens with one attached hydrogen (secondary N) is 1. The van der Waals surface area contributed by atoms with E-state index in [-0.39, 0.29) is 17.2 Å². The highest BCUT2D eigenvalue weighted by molar-refractivity contribution is 8.26. The fourth-order valence-corrected chi connectivity index (χ4v) is 4.95. The van der Waals surface area contributed by atoms with Gasteiger partial charge < -0.3 is 4.57 Å². The molecule has 0 unspecified atom stereocenters. The number of aromatic nitrogens is 1. The lowest BCUT2D eigenvalue weighted by molar-refractivity contribution is -0.114. The van der Waals surface area contributed by atoms with E-state index in [4.69, 9.17) is 5.41 Å². The highest BCUT2D eigenvalue weighted by Crippen LogP contribution is 2.33. The first-order valence-corrected chi connectivity index (χ1v) is 11.5. The molecule has 0 saturated heterocycles. The molecule has 5 rings (SSSR count). The van der Waals surface area contributed by atoms with Crippen LogP contribution in [-0.4, -0.2) is 31.5 Å². The fraction of sp³-hybridized carbons (Fsp3) is 0.200. The molecule has 6 nitrogen and oxygen atoms in total. The van der Waals surface area contributed by atoms with Crippen LogP contribution >= 0.6 is 11.8 Å². The first kappa shape index (κ1) is 21.3. The molecule has 0 atom stereocenters. The van der Waals surface area contributed by atoms with Crippen molar-refractivity contribution >= 4 is 50.7 Å². The van der Waals surface area contributed by atoms with Gasteiger partial charge in [0.05, 0.1) is 12.1 Å². The van der Waals surface area contributed by atoms with Crippen LogP contribution in [0.4, 0.5) is 4.39 Å². The second kappa shape index (κ2) is 8.12. The molecule has 0 aliphatic carbocycles. The maximum absolute atomic E-state index is 14.4. The number of amides is 1. The van der Waals surface area contributed by atoms with E-state index < -0.39 is 5.91 Å². The Hall–Kier alpha value is -3.52. The smallest absolute Gasteiger partial charge is 0.283 e. The van der Waals surface area contributed by atoms with Crippen LogP contribution in [0.5, 0.6) is 0 Å². The van der Waals surface area contributed by atoms with Crippen LogP contribution in [-0.2, 0) is 11.3 Å². The van der Waals surface area contributed by atoms with Gasteiger partial charge in [0.1, 0.15) is 10.9 Å². The van der Waals surface area contributed by atoms with Gasteiger partial charge in [-0.15, -0.1) is 0 Å². The van der Waals surface area contributed by atoms with Gasteiger partial charge in [0.2, 0.25) is 5.17 Å². The zero-order valence-electron chi connectivity index (χ0n) is 18.5. The summed E-state index contributed by atoms with van der Waals surface area (Å²) in [7, 11) is 0. The Balaban J connectivity index is 1.65. The quantitative estimate of drug-likeness (QED) is 0.526. The standard InChI is InChI=1S/C25H22FN5OS/c1-4-22-29-31-23(27)19(24(32)28-25(31)33-22)12-17-15(3)30(13-16-7-5-6-8-20(16)26)21-10-9-14(2)11-18(17)21/h5-12,27H,4,13H2,1-3H3/b19-12+,27-23?. The summed E-state index contributed by atoms with van der Waals surface area (Å²) in [5.41, 5.74) is 4.50. The van der Waals surface area contributed by atoms with E-state index in [0.717, 1.165) is 32.8 Å². The van der Waals surface area contributed by atoms with Gasteiger partial charge in [0.25, 0.3) is 5.91 Å². The lowest BCUT2D eigenvalue weighted by atomic mass is 10.0. The third kappa shape index (κ3) is 3.60. The molecule has 166 valence electrons. The Morgan fingerprint density at radius 1 is 1.18 bits per heavy atom. The van der Waals surface area contributed by atoms with Crippen molar-refractivity contribution in [3.05, 3.63) is 76.2 Å². The molecule has 0 saturated carbocycles. The van der Waals surface area contributed by atoms with E-state index in [1.165, 1.54) is 22.8 Å². The van der Waals surface area contributed by atoms with Crippen LogP contribution in [0.2, 0.25) is 0 Å². The number of carbonyl (C=O) groups is 1. The molecule has 1 aromatic heterocycles. The fourth-order valence-electron chi connectivity index (χ4n) is 4.12. The van der Waals surface area contributed by atoms with Crippen molar-refractivity contribution in [2.45, 2.75) is 33.7 Å². The number of aliphatic imine (C=N–C) groups is 1. The van der Waals surface area contributed by atoms with Crippen LogP contribution in [0.25, 0.3) is 17.0 Å². The summed E-state index contributed by atoms with van der Waals surface area (Å²) < 4.78 is 16.5. The van der Waals surface area contributed by atoms with Gasteiger partial charge in [0.15, 0.2) is 5.84 Å². The number of hydrogen-bond donors (Lipinski definition) is 1. The number of benzene rings is 2. The SMILES string of the molecule is CCC1=NN2C(=N)/C(=C\c3c(C)n(Cc4ccccc4F)c4ccc(C)cc34)C(=O)N=C2S1. The topological polar surface area (TPSA) is 73.8 Å². The van der Waals surface area contributed by atoms with Crippen LogP contribution < -0.4 is 0 Å². The number of aryl methyl sites for hydroxylation is 1. The molecular formula is C25H22FN5OS. The van der Waals surface area contributed by atoms with Gasteiger partial charge in [-0.1, -0.05) is 36.8 Å². The van der Waals surface area contributed by atoms with Crippen molar-refractivity contribution in [2.24, 2.45) is 10.1 Å². The minimum Gasteiger partial charge on any atom is -0.340 e. The molecule has 0 spiro atoms. The third-order valence-corrected chi connectivity index (χ3v) is 6.95. The average molecular weight is 460 g/mol. The predicted octanol–water partition coefficient (Wildman–Crippen LogP) is 5.47. The summed E-state index contributed by atoms with van der Waals surface area (Å²) >= 11 is 1.32. The lowest BCUT2D eigenvalue weighted by Crippen LogP contribution is -2.35. The van der Waals surface area contributed by atoms with E-state index in [9.17, 15) is 9.18 Å². The Morgan fingerprint density at radius 2 is 1.97 bits per heavy atom. The zero-order chi connectivity index (χ0) is 23.3. The summed E-state index contributed by atoms with van der Waals surface area (Å²) in [5, 5.41) is 16.7. The number of thioether (sulfide) groups is 1. The Bertz CT molecular complexity index is 1430. The molecule has 2 aromatic carbocycles. The number of hydrazone groups is 1. The maximum Gasteiger partial charge on any atom is 0.283 e. The molecule has 2 aliphatic heterocycles. The second-order valence-electron chi connectivity index (χ2n) is 8.06. The normalized spacial score (nSPS) is 17.1. The summed E-state index contributed by atoms with van der Waals surface area (Å²) in [6.45, 7) is 6.30. The first-order chi connectivity index (χ1) is 15.9. The van der Waals surface area contributed by atoms with Gasteiger partial charge in [-0.2, -0.15) is 15.1 Å². The largest absolute Gasteiger partial charge is 0.340 e.